The molecule has 2 rings (SSSR count). The van der Waals surface area contributed by atoms with Crippen molar-refractivity contribution in [2.75, 3.05) is 6.61 Å². The van der Waals surface area contributed by atoms with Gasteiger partial charge in [0.25, 0.3) is 5.91 Å². The maximum Gasteiger partial charge on any atom is 0.251 e. The van der Waals surface area contributed by atoms with Crippen LogP contribution in [0.4, 0.5) is 0 Å². The van der Waals surface area contributed by atoms with Gasteiger partial charge in [0.1, 0.15) is 0 Å². The van der Waals surface area contributed by atoms with Gasteiger partial charge < -0.3 is 10.4 Å². The van der Waals surface area contributed by atoms with Gasteiger partial charge in [-0.25, -0.2) is 4.68 Å². The summed E-state index contributed by atoms with van der Waals surface area (Å²) in [6.07, 6.45) is 3.55. The minimum atomic E-state index is -0.134. The fraction of sp³-hybridized carbons (Fsp3) is 0.333. The third-order valence-corrected chi connectivity index (χ3v) is 3.40. The normalized spacial score (nSPS) is 13.8. The number of hydrogen-bond donors (Lipinski definition) is 2. The second-order valence-corrected chi connectivity index (χ2v) is 4.92. The van der Waals surface area contributed by atoms with Crippen LogP contribution in [0.5, 0.6) is 0 Å². The lowest BCUT2D eigenvalue weighted by molar-refractivity contribution is 0.0916. The molecule has 20 heavy (non-hydrogen) atoms. The van der Waals surface area contributed by atoms with Crippen LogP contribution in [0.2, 0.25) is 0 Å². The molecule has 2 aromatic rings. The molecule has 1 amide bonds. The summed E-state index contributed by atoms with van der Waals surface area (Å²) >= 11 is 0. The Labute approximate surface area is 118 Å². The molecule has 1 heterocycles. The summed E-state index contributed by atoms with van der Waals surface area (Å²) in [5, 5.41) is 16.1. The number of aliphatic hydroxyl groups is 1. The summed E-state index contributed by atoms with van der Waals surface area (Å²) in [5.74, 6) is -0.105. The third-order valence-electron chi connectivity index (χ3n) is 3.40. The number of nitrogens with zero attached hydrogens (tertiary/aromatic N) is 2. The summed E-state index contributed by atoms with van der Waals surface area (Å²) in [6, 6.07) is 9.01. The van der Waals surface area contributed by atoms with E-state index in [4.69, 9.17) is 5.11 Å². The van der Waals surface area contributed by atoms with E-state index in [2.05, 4.69) is 10.4 Å². The number of benzene rings is 1. The van der Waals surface area contributed by atoms with Crippen molar-refractivity contribution in [3.05, 3.63) is 48.3 Å². The number of carbonyl (C=O) groups is 1. The minimum absolute atomic E-state index is 0.0299. The highest BCUT2D eigenvalue weighted by atomic mass is 16.3. The maximum atomic E-state index is 12.1. The van der Waals surface area contributed by atoms with E-state index in [0.717, 1.165) is 5.69 Å². The van der Waals surface area contributed by atoms with Crippen LogP contribution in [0.3, 0.4) is 0 Å². The first-order valence-corrected chi connectivity index (χ1v) is 6.63. The van der Waals surface area contributed by atoms with Crippen molar-refractivity contribution in [1.82, 2.24) is 15.1 Å². The number of amides is 1. The van der Waals surface area contributed by atoms with Crippen LogP contribution in [-0.2, 0) is 0 Å². The Kier molecular flexibility index (Phi) is 4.53. The second-order valence-electron chi connectivity index (χ2n) is 4.92. The molecule has 0 fully saturated rings. The molecule has 0 aliphatic carbocycles. The molecule has 5 heteroatoms. The number of carbonyl (C=O) groups excluding carboxylic acids is 1. The van der Waals surface area contributed by atoms with Crippen LogP contribution >= 0.6 is 0 Å². The first-order valence-electron chi connectivity index (χ1n) is 6.63. The van der Waals surface area contributed by atoms with Crippen molar-refractivity contribution in [1.29, 1.82) is 0 Å². The van der Waals surface area contributed by atoms with E-state index < -0.39 is 0 Å². The standard InChI is InChI=1S/C15H19N3O2/c1-11(10-19)12(2)17-15(20)13-4-6-14(7-5-13)18-9-3-8-16-18/h3-9,11-12,19H,10H2,1-2H3,(H,17,20). The molecular formula is C15H19N3O2. The Morgan fingerprint density at radius 3 is 2.60 bits per heavy atom. The average molecular weight is 273 g/mol. The molecule has 1 aromatic carbocycles. The zero-order valence-corrected chi connectivity index (χ0v) is 11.7. The SMILES string of the molecule is CC(CO)C(C)NC(=O)c1ccc(-n2cccn2)cc1. The van der Waals surface area contributed by atoms with Crippen LogP contribution < -0.4 is 5.32 Å². The highest BCUT2D eigenvalue weighted by molar-refractivity contribution is 5.94. The monoisotopic (exact) mass is 273 g/mol. The summed E-state index contributed by atoms with van der Waals surface area (Å²) in [7, 11) is 0. The predicted octanol–water partition coefficient (Wildman–Crippen LogP) is 1.62. The van der Waals surface area contributed by atoms with Crippen LogP contribution in [0.1, 0.15) is 24.2 Å². The highest BCUT2D eigenvalue weighted by Crippen LogP contribution is 2.09. The van der Waals surface area contributed by atoms with Gasteiger partial charge in [0.15, 0.2) is 0 Å². The lowest BCUT2D eigenvalue weighted by Gasteiger charge is -2.19. The van der Waals surface area contributed by atoms with Gasteiger partial charge in [0.05, 0.1) is 5.69 Å². The highest BCUT2D eigenvalue weighted by Gasteiger charge is 2.15. The number of aliphatic hydroxyl groups excluding tert-OH is 1. The Morgan fingerprint density at radius 1 is 1.35 bits per heavy atom. The summed E-state index contributed by atoms with van der Waals surface area (Å²) in [5.41, 5.74) is 1.50. The van der Waals surface area contributed by atoms with Crippen molar-refractivity contribution in [3.8, 4) is 5.69 Å². The predicted molar refractivity (Wildman–Crippen MR) is 76.7 cm³/mol. The summed E-state index contributed by atoms with van der Waals surface area (Å²) < 4.78 is 1.73. The fourth-order valence-electron chi connectivity index (χ4n) is 1.78. The van der Waals surface area contributed by atoms with Crippen LogP contribution in [-0.4, -0.2) is 33.4 Å². The van der Waals surface area contributed by atoms with Crippen molar-refractivity contribution in [2.45, 2.75) is 19.9 Å². The molecule has 106 valence electrons. The van der Waals surface area contributed by atoms with Gasteiger partial charge in [-0.15, -0.1) is 0 Å². The van der Waals surface area contributed by atoms with E-state index in [1.807, 2.05) is 38.2 Å². The van der Waals surface area contributed by atoms with Gasteiger partial charge in [0, 0.05) is 30.6 Å². The molecule has 5 nitrogen and oxygen atoms in total. The van der Waals surface area contributed by atoms with Crippen molar-refractivity contribution < 1.29 is 9.90 Å². The number of nitrogens with one attached hydrogen (secondary N) is 1. The molecule has 0 bridgehead atoms. The van der Waals surface area contributed by atoms with Crippen molar-refractivity contribution in [2.24, 2.45) is 5.92 Å². The number of rotatable bonds is 5. The Bertz CT molecular complexity index is 549. The lowest BCUT2D eigenvalue weighted by atomic mass is 10.0. The molecule has 0 saturated carbocycles. The summed E-state index contributed by atoms with van der Waals surface area (Å²) in [4.78, 5) is 12.1. The molecule has 0 radical (unpaired) electrons. The van der Waals surface area contributed by atoms with Gasteiger partial charge in [-0.3, -0.25) is 4.79 Å². The molecule has 1 aromatic heterocycles. The first-order chi connectivity index (χ1) is 9.61. The van der Waals surface area contributed by atoms with Gasteiger partial charge in [0.2, 0.25) is 0 Å². The zero-order valence-electron chi connectivity index (χ0n) is 11.7. The minimum Gasteiger partial charge on any atom is -0.396 e. The third kappa shape index (κ3) is 3.24. The van der Waals surface area contributed by atoms with Crippen LogP contribution in [0, 0.1) is 5.92 Å². The zero-order chi connectivity index (χ0) is 14.5. The molecule has 0 aliphatic heterocycles. The first kappa shape index (κ1) is 14.3. The molecule has 2 unspecified atom stereocenters. The van der Waals surface area contributed by atoms with Gasteiger partial charge >= 0.3 is 0 Å². The van der Waals surface area contributed by atoms with Crippen LogP contribution in [0.25, 0.3) is 5.69 Å². The van der Waals surface area contributed by atoms with E-state index in [-0.39, 0.29) is 24.5 Å². The smallest absolute Gasteiger partial charge is 0.251 e. The molecule has 0 spiro atoms. The largest absolute Gasteiger partial charge is 0.396 e. The topological polar surface area (TPSA) is 67.2 Å². The molecule has 2 atom stereocenters. The number of hydrogen-bond acceptors (Lipinski definition) is 3. The van der Waals surface area contributed by atoms with E-state index in [9.17, 15) is 4.79 Å². The molecule has 0 aliphatic rings. The Balaban J connectivity index is 2.04. The molecule has 0 saturated heterocycles. The van der Waals surface area contributed by atoms with Gasteiger partial charge in [-0.05, 0) is 43.2 Å². The average Bonchev–Trinajstić information content (AvgIpc) is 3.00. The van der Waals surface area contributed by atoms with E-state index >= 15 is 0 Å². The van der Waals surface area contributed by atoms with E-state index in [1.54, 1.807) is 23.0 Å². The van der Waals surface area contributed by atoms with Gasteiger partial charge in [-0.1, -0.05) is 6.92 Å². The van der Waals surface area contributed by atoms with E-state index in [0.29, 0.717) is 5.56 Å². The fourth-order valence-corrected chi connectivity index (χ4v) is 1.78. The summed E-state index contributed by atoms with van der Waals surface area (Å²) in [6.45, 7) is 3.84. The second kappa shape index (κ2) is 6.34. The molecular weight excluding hydrogens is 254 g/mol. The van der Waals surface area contributed by atoms with Gasteiger partial charge in [-0.2, -0.15) is 5.10 Å². The van der Waals surface area contributed by atoms with Crippen molar-refractivity contribution in [3.63, 3.8) is 0 Å². The number of aromatic nitrogens is 2. The molecule has 2 N–H and O–H groups in total. The van der Waals surface area contributed by atoms with E-state index in [1.165, 1.54) is 0 Å². The van der Waals surface area contributed by atoms with Crippen molar-refractivity contribution >= 4 is 5.91 Å². The van der Waals surface area contributed by atoms with Crippen LogP contribution in [0.15, 0.2) is 42.7 Å². The quantitative estimate of drug-likeness (QED) is 0.870. The maximum absolute atomic E-state index is 12.1. The lowest BCUT2D eigenvalue weighted by Crippen LogP contribution is -2.38. The Hall–Kier alpha value is -2.14. The Morgan fingerprint density at radius 2 is 2.05 bits per heavy atom.